The first-order chi connectivity index (χ1) is 11.7. The Labute approximate surface area is 139 Å². The van der Waals surface area contributed by atoms with E-state index < -0.39 is 0 Å². The van der Waals surface area contributed by atoms with Crippen molar-refractivity contribution in [3.05, 3.63) is 72.4 Å². The maximum Gasteiger partial charge on any atom is 0.337 e. The molecular formula is C18H16N4O2. The lowest BCUT2D eigenvalue weighted by atomic mass is 10.2. The largest absolute Gasteiger partial charge is 0.465 e. The van der Waals surface area contributed by atoms with Crippen LogP contribution in [0, 0.1) is 0 Å². The number of rotatable bonds is 5. The van der Waals surface area contributed by atoms with Gasteiger partial charge in [0.15, 0.2) is 0 Å². The Balaban J connectivity index is 1.71. The molecule has 3 rings (SSSR count). The van der Waals surface area contributed by atoms with E-state index in [1.54, 1.807) is 36.5 Å². The number of para-hydroxylation sites is 1. The Hall–Kier alpha value is -3.41. The van der Waals surface area contributed by atoms with E-state index in [2.05, 4.69) is 25.3 Å². The number of anilines is 4. The SMILES string of the molecule is COC(=O)c1ccc(Nc2ccnc(Nc3ccccc3)n2)cc1. The van der Waals surface area contributed by atoms with Gasteiger partial charge in [0.25, 0.3) is 0 Å². The van der Waals surface area contributed by atoms with Gasteiger partial charge in [-0.2, -0.15) is 4.98 Å². The van der Waals surface area contributed by atoms with Gasteiger partial charge in [-0.05, 0) is 42.5 Å². The van der Waals surface area contributed by atoms with Crippen LogP contribution in [-0.2, 0) is 4.74 Å². The lowest BCUT2D eigenvalue weighted by Crippen LogP contribution is -2.02. The molecule has 1 heterocycles. The Kier molecular flexibility index (Phi) is 4.67. The number of aromatic nitrogens is 2. The van der Waals surface area contributed by atoms with Gasteiger partial charge in [0.2, 0.25) is 5.95 Å². The van der Waals surface area contributed by atoms with Crippen molar-refractivity contribution in [2.45, 2.75) is 0 Å². The van der Waals surface area contributed by atoms with Gasteiger partial charge in [-0.3, -0.25) is 0 Å². The molecule has 6 nitrogen and oxygen atoms in total. The zero-order valence-electron chi connectivity index (χ0n) is 13.1. The van der Waals surface area contributed by atoms with Gasteiger partial charge in [-0.25, -0.2) is 9.78 Å². The van der Waals surface area contributed by atoms with Gasteiger partial charge < -0.3 is 15.4 Å². The highest BCUT2D eigenvalue weighted by Gasteiger charge is 2.05. The molecule has 0 atom stereocenters. The van der Waals surface area contributed by atoms with E-state index in [0.29, 0.717) is 17.3 Å². The van der Waals surface area contributed by atoms with Crippen LogP contribution in [0.15, 0.2) is 66.9 Å². The monoisotopic (exact) mass is 320 g/mol. The summed E-state index contributed by atoms with van der Waals surface area (Å²) in [6.45, 7) is 0. The quantitative estimate of drug-likeness (QED) is 0.697. The van der Waals surface area contributed by atoms with Crippen molar-refractivity contribution in [1.29, 1.82) is 0 Å². The van der Waals surface area contributed by atoms with E-state index >= 15 is 0 Å². The minimum Gasteiger partial charge on any atom is -0.465 e. The molecule has 0 aliphatic carbocycles. The van der Waals surface area contributed by atoms with Crippen molar-refractivity contribution in [2.75, 3.05) is 17.7 Å². The second-order valence-corrected chi connectivity index (χ2v) is 4.95. The molecule has 0 spiro atoms. The van der Waals surface area contributed by atoms with E-state index in [-0.39, 0.29) is 5.97 Å². The van der Waals surface area contributed by atoms with Crippen molar-refractivity contribution < 1.29 is 9.53 Å². The first-order valence-electron chi connectivity index (χ1n) is 7.35. The van der Waals surface area contributed by atoms with E-state index in [0.717, 1.165) is 11.4 Å². The molecule has 0 amide bonds. The molecule has 0 radical (unpaired) electrons. The van der Waals surface area contributed by atoms with Gasteiger partial charge in [0.05, 0.1) is 12.7 Å². The minimum atomic E-state index is -0.363. The van der Waals surface area contributed by atoms with E-state index in [9.17, 15) is 4.79 Å². The predicted molar refractivity (Wildman–Crippen MR) is 92.8 cm³/mol. The highest BCUT2D eigenvalue weighted by Crippen LogP contribution is 2.18. The van der Waals surface area contributed by atoms with Gasteiger partial charge >= 0.3 is 5.97 Å². The smallest absolute Gasteiger partial charge is 0.337 e. The first-order valence-corrected chi connectivity index (χ1v) is 7.35. The fourth-order valence-electron chi connectivity index (χ4n) is 2.09. The molecule has 0 unspecified atom stereocenters. The molecule has 0 aliphatic rings. The van der Waals surface area contributed by atoms with Gasteiger partial charge in [-0.1, -0.05) is 18.2 Å². The average Bonchev–Trinajstić information content (AvgIpc) is 2.63. The van der Waals surface area contributed by atoms with Crippen LogP contribution in [0.25, 0.3) is 0 Å². The maximum absolute atomic E-state index is 11.4. The lowest BCUT2D eigenvalue weighted by Gasteiger charge is -2.09. The fourth-order valence-corrected chi connectivity index (χ4v) is 2.09. The third-order valence-corrected chi connectivity index (χ3v) is 3.26. The lowest BCUT2D eigenvalue weighted by molar-refractivity contribution is 0.0601. The molecule has 6 heteroatoms. The summed E-state index contributed by atoms with van der Waals surface area (Å²) in [4.78, 5) is 20.0. The standard InChI is InChI=1S/C18H16N4O2/c1-24-17(23)13-7-9-15(10-8-13)20-16-11-12-19-18(22-16)21-14-5-3-2-4-6-14/h2-12H,1H3,(H2,19,20,21,22). The Bertz CT molecular complexity index is 820. The van der Waals surface area contributed by atoms with E-state index in [4.69, 9.17) is 0 Å². The number of benzene rings is 2. The number of nitrogens with one attached hydrogen (secondary N) is 2. The molecule has 0 fully saturated rings. The Morgan fingerprint density at radius 1 is 0.917 bits per heavy atom. The summed E-state index contributed by atoms with van der Waals surface area (Å²) in [5, 5.41) is 6.31. The van der Waals surface area contributed by atoms with Crippen molar-refractivity contribution in [2.24, 2.45) is 0 Å². The number of ether oxygens (including phenoxy) is 1. The highest BCUT2D eigenvalue weighted by atomic mass is 16.5. The van der Waals surface area contributed by atoms with E-state index in [1.807, 2.05) is 30.3 Å². The zero-order chi connectivity index (χ0) is 16.8. The van der Waals surface area contributed by atoms with Crippen molar-refractivity contribution in [3.8, 4) is 0 Å². The summed E-state index contributed by atoms with van der Waals surface area (Å²) in [6.07, 6.45) is 1.67. The molecule has 1 aromatic heterocycles. The maximum atomic E-state index is 11.4. The van der Waals surface area contributed by atoms with Crippen LogP contribution in [0.4, 0.5) is 23.1 Å². The third kappa shape index (κ3) is 3.86. The molecule has 120 valence electrons. The second kappa shape index (κ2) is 7.23. The van der Waals surface area contributed by atoms with Gasteiger partial charge in [-0.15, -0.1) is 0 Å². The van der Waals surface area contributed by atoms with Crippen LogP contribution < -0.4 is 10.6 Å². The molecule has 0 saturated carbocycles. The van der Waals surface area contributed by atoms with Crippen LogP contribution in [0.2, 0.25) is 0 Å². The summed E-state index contributed by atoms with van der Waals surface area (Å²) in [5.41, 5.74) is 2.22. The molecule has 3 aromatic rings. The summed E-state index contributed by atoms with van der Waals surface area (Å²) in [7, 11) is 1.36. The summed E-state index contributed by atoms with van der Waals surface area (Å²) >= 11 is 0. The van der Waals surface area contributed by atoms with Gasteiger partial charge in [0, 0.05) is 17.6 Å². The summed E-state index contributed by atoms with van der Waals surface area (Å²) < 4.78 is 4.68. The van der Waals surface area contributed by atoms with Gasteiger partial charge in [0.1, 0.15) is 5.82 Å². The Morgan fingerprint density at radius 3 is 2.33 bits per heavy atom. The van der Waals surface area contributed by atoms with Crippen LogP contribution in [0.5, 0.6) is 0 Å². The van der Waals surface area contributed by atoms with E-state index in [1.165, 1.54) is 7.11 Å². The molecular weight excluding hydrogens is 304 g/mol. The number of carbonyl (C=O) groups excluding carboxylic acids is 1. The normalized spacial score (nSPS) is 10.0. The van der Waals surface area contributed by atoms with Crippen LogP contribution in [0.1, 0.15) is 10.4 Å². The average molecular weight is 320 g/mol. The second-order valence-electron chi connectivity index (χ2n) is 4.95. The number of esters is 1. The number of carbonyl (C=O) groups is 1. The molecule has 2 N–H and O–H groups in total. The first kappa shape index (κ1) is 15.5. The summed E-state index contributed by atoms with van der Waals surface area (Å²) in [6, 6.07) is 18.4. The zero-order valence-corrected chi connectivity index (χ0v) is 13.1. The van der Waals surface area contributed by atoms with Crippen molar-refractivity contribution in [3.63, 3.8) is 0 Å². The number of hydrogen-bond donors (Lipinski definition) is 2. The number of methoxy groups -OCH3 is 1. The predicted octanol–water partition coefficient (Wildman–Crippen LogP) is 3.75. The van der Waals surface area contributed by atoms with Crippen molar-refractivity contribution >= 4 is 29.1 Å². The molecule has 0 aliphatic heterocycles. The van der Waals surface area contributed by atoms with Crippen LogP contribution >= 0.6 is 0 Å². The van der Waals surface area contributed by atoms with Crippen LogP contribution in [-0.4, -0.2) is 23.0 Å². The number of hydrogen-bond acceptors (Lipinski definition) is 6. The van der Waals surface area contributed by atoms with Crippen LogP contribution in [0.3, 0.4) is 0 Å². The molecule has 0 bridgehead atoms. The summed E-state index contributed by atoms with van der Waals surface area (Å²) in [5.74, 6) is 0.782. The molecule has 24 heavy (non-hydrogen) atoms. The Morgan fingerprint density at radius 2 is 1.62 bits per heavy atom. The topological polar surface area (TPSA) is 76.1 Å². The molecule has 2 aromatic carbocycles. The fraction of sp³-hybridized carbons (Fsp3) is 0.0556. The minimum absolute atomic E-state index is 0.363. The third-order valence-electron chi connectivity index (χ3n) is 3.26. The molecule has 0 saturated heterocycles. The number of nitrogens with zero attached hydrogens (tertiary/aromatic N) is 2. The highest BCUT2D eigenvalue weighted by molar-refractivity contribution is 5.89. The van der Waals surface area contributed by atoms with Crippen molar-refractivity contribution in [1.82, 2.24) is 9.97 Å².